The van der Waals surface area contributed by atoms with Crippen LogP contribution in [0.4, 0.5) is 14.7 Å². The highest BCUT2D eigenvalue weighted by molar-refractivity contribution is 6.30. The fourth-order valence-electron chi connectivity index (χ4n) is 3.60. The van der Waals surface area contributed by atoms with Crippen LogP contribution >= 0.6 is 11.6 Å². The van der Waals surface area contributed by atoms with Crippen molar-refractivity contribution in [2.75, 3.05) is 25.1 Å². The fraction of sp³-hybridized carbons (Fsp3) is 0.318. The summed E-state index contributed by atoms with van der Waals surface area (Å²) in [5.74, 6) is -0.321. The molecule has 0 aliphatic carbocycles. The van der Waals surface area contributed by atoms with E-state index in [2.05, 4.69) is 15.3 Å². The molecule has 32 heavy (non-hydrogen) atoms. The van der Waals surface area contributed by atoms with Crippen LogP contribution in [0.25, 0.3) is 11.3 Å². The number of aromatic nitrogens is 3. The number of nitrogens with one attached hydrogen (secondary N) is 1. The van der Waals surface area contributed by atoms with E-state index in [-0.39, 0.29) is 29.7 Å². The Morgan fingerprint density at radius 2 is 2.16 bits per heavy atom. The topological polar surface area (TPSA) is 89.3 Å². The molecule has 2 aromatic heterocycles. The minimum Gasteiger partial charge on any atom is -0.394 e. The second-order valence-electron chi connectivity index (χ2n) is 7.43. The predicted molar refractivity (Wildman–Crippen MR) is 116 cm³/mol. The first-order valence-corrected chi connectivity index (χ1v) is 10.4. The quantitative estimate of drug-likeness (QED) is 0.584. The molecular formula is C22H21ClF2N4O3. The van der Waals surface area contributed by atoms with Gasteiger partial charge in [-0.1, -0.05) is 17.7 Å². The number of nitrogens with zero attached hydrogens (tertiary/aromatic N) is 3. The van der Waals surface area contributed by atoms with E-state index in [4.69, 9.17) is 16.3 Å². The van der Waals surface area contributed by atoms with Gasteiger partial charge in [-0.05, 0) is 36.2 Å². The highest BCUT2D eigenvalue weighted by Gasteiger charge is 2.26. The van der Waals surface area contributed by atoms with Crippen LogP contribution < -0.4 is 10.9 Å². The standard InChI is InChI=1S/C22H21ClF2N4O3/c23-15-9-14(1-2-16(15)24)20(11-30)29-7-4-13(10-21(29)31)18-3-6-26-22(27-18)28-19-5-8-32-12-17(19)25/h1-4,6-7,9-10,17,19-20,30H,5,8,11-12H2,(H,26,27,28)/t17-,19-,20-/m1/s1. The molecule has 3 aromatic rings. The number of ether oxygens (including phenoxy) is 1. The van der Waals surface area contributed by atoms with Crippen molar-refractivity contribution in [1.82, 2.24) is 14.5 Å². The molecule has 3 atom stereocenters. The number of aliphatic hydroxyl groups is 1. The van der Waals surface area contributed by atoms with Crippen molar-refractivity contribution in [3.8, 4) is 11.3 Å². The van der Waals surface area contributed by atoms with Crippen LogP contribution in [0.2, 0.25) is 5.02 Å². The van der Waals surface area contributed by atoms with Crippen molar-refractivity contribution < 1.29 is 18.6 Å². The molecule has 10 heteroatoms. The van der Waals surface area contributed by atoms with Crippen LogP contribution in [0.3, 0.4) is 0 Å². The number of alkyl halides is 1. The molecule has 168 valence electrons. The molecule has 1 aliphatic rings. The van der Waals surface area contributed by atoms with Crippen LogP contribution in [-0.4, -0.2) is 51.7 Å². The summed E-state index contributed by atoms with van der Waals surface area (Å²) in [5.41, 5.74) is 1.14. The number of pyridine rings is 1. The van der Waals surface area contributed by atoms with Gasteiger partial charge in [0.15, 0.2) is 0 Å². The lowest BCUT2D eigenvalue weighted by molar-refractivity contribution is 0.0284. The second kappa shape index (κ2) is 9.72. The van der Waals surface area contributed by atoms with Crippen molar-refractivity contribution >= 4 is 17.5 Å². The van der Waals surface area contributed by atoms with Gasteiger partial charge >= 0.3 is 0 Å². The highest BCUT2D eigenvalue weighted by Crippen LogP contribution is 2.24. The molecule has 0 radical (unpaired) electrons. The molecule has 7 nitrogen and oxygen atoms in total. The van der Waals surface area contributed by atoms with Gasteiger partial charge in [0.05, 0.1) is 36.0 Å². The Labute approximate surface area is 187 Å². The average molecular weight is 463 g/mol. The molecule has 0 bridgehead atoms. The third kappa shape index (κ3) is 4.79. The van der Waals surface area contributed by atoms with Crippen LogP contribution in [-0.2, 0) is 4.74 Å². The maximum absolute atomic E-state index is 14.0. The largest absolute Gasteiger partial charge is 0.394 e. The summed E-state index contributed by atoms with van der Waals surface area (Å²) < 4.78 is 33.9. The lowest BCUT2D eigenvalue weighted by Crippen LogP contribution is -2.39. The van der Waals surface area contributed by atoms with Gasteiger partial charge in [0, 0.05) is 30.6 Å². The van der Waals surface area contributed by atoms with E-state index < -0.39 is 24.1 Å². The maximum Gasteiger partial charge on any atom is 0.251 e. The minimum atomic E-state index is -1.16. The predicted octanol–water partition coefficient (Wildman–Crippen LogP) is 3.22. The second-order valence-corrected chi connectivity index (χ2v) is 7.84. The van der Waals surface area contributed by atoms with E-state index in [1.807, 2.05) is 0 Å². The van der Waals surface area contributed by atoms with Gasteiger partial charge in [0.25, 0.3) is 5.56 Å². The molecule has 3 heterocycles. The Balaban J connectivity index is 1.59. The summed E-state index contributed by atoms with van der Waals surface area (Å²) in [6.45, 7) is 0.112. The Morgan fingerprint density at radius 3 is 2.88 bits per heavy atom. The van der Waals surface area contributed by atoms with E-state index in [9.17, 15) is 18.7 Å². The summed E-state index contributed by atoms with van der Waals surface area (Å²) in [6.07, 6.45) is 2.40. The van der Waals surface area contributed by atoms with Gasteiger partial charge in [-0.3, -0.25) is 4.79 Å². The molecule has 0 spiro atoms. The number of hydrogen-bond donors (Lipinski definition) is 2. The van der Waals surface area contributed by atoms with E-state index in [1.54, 1.807) is 12.1 Å². The molecule has 1 fully saturated rings. The molecule has 1 aliphatic heterocycles. The zero-order valence-electron chi connectivity index (χ0n) is 16.9. The first-order chi connectivity index (χ1) is 15.5. The number of aliphatic hydroxyl groups excluding tert-OH is 1. The molecule has 0 saturated carbocycles. The van der Waals surface area contributed by atoms with Crippen LogP contribution in [0.15, 0.2) is 53.6 Å². The van der Waals surface area contributed by atoms with Gasteiger partial charge in [0.1, 0.15) is 12.0 Å². The van der Waals surface area contributed by atoms with E-state index in [0.717, 1.165) is 0 Å². The van der Waals surface area contributed by atoms with Gasteiger partial charge < -0.3 is 19.7 Å². The molecule has 0 unspecified atom stereocenters. The summed E-state index contributed by atoms with van der Waals surface area (Å²) in [5, 5.41) is 12.8. The van der Waals surface area contributed by atoms with Crippen molar-refractivity contribution in [3.05, 3.63) is 75.5 Å². The van der Waals surface area contributed by atoms with Gasteiger partial charge in [0.2, 0.25) is 5.95 Å². The number of benzene rings is 1. The first kappa shape index (κ1) is 22.3. The normalized spacial score (nSPS) is 19.5. The molecule has 1 saturated heterocycles. The first-order valence-electron chi connectivity index (χ1n) is 10.1. The van der Waals surface area contributed by atoms with Crippen molar-refractivity contribution in [2.45, 2.75) is 24.7 Å². The Hall–Kier alpha value is -2.88. The van der Waals surface area contributed by atoms with Crippen molar-refractivity contribution in [3.63, 3.8) is 0 Å². The smallest absolute Gasteiger partial charge is 0.251 e. The van der Waals surface area contributed by atoms with Gasteiger partial charge in [-0.2, -0.15) is 0 Å². The third-order valence-corrected chi connectivity index (χ3v) is 5.63. The average Bonchev–Trinajstić information content (AvgIpc) is 2.79. The number of anilines is 1. The lowest BCUT2D eigenvalue weighted by Gasteiger charge is -2.26. The highest BCUT2D eigenvalue weighted by atomic mass is 35.5. The zero-order chi connectivity index (χ0) is 22.7. The van der Waals surface area contributed by atoms with E-state index in [1.165, 1.54) is 41.2 Å². The number of hydrogen-bond acceptors (Lipinski definition) is 6. The molecule has 0 amide bonds. The summed E-state index contributed by atoms with van der Waals surface area (Å²) >= 11 is 5.85. The minimum absolute atomic E-state index is 0.0286. The monoisotopic (exact) mass is 462 g/mol. The van der Waals surface area contributed by atoms with Crippen LogP contribution in [0, 0.1) is 5.82 Å². The van der Waals surface area contributed by atoms with Crippen molar-refractivity contribution in [1.29, 1.82) is 0 Å². The Bertz CT molecular complexity index is 1160. The van der Waals surface area contributed by atoms with Gasteiger partial charge in [-0.25, -0.2) is 18.7 Å². The molecule has 4 rings (SSSR count). The SMILES string of the molecule is O=c1cc(-c2ccnc(N[C@@H]3CCOC[C@H]3F)n2)ccn1[C@H](CO)c1ccc(F)c(Cl)c1. The summed E-state index contributed by atoms with van der Waals surface area (Å²) in [7, 11) is 0. The van der Waals surface area contributed by atoms with Crippen LogP contribution in [0.5, 0.6) is 0 Å². The molecule has 2 N–H and O–H groups in total. The van der Waals surface area contributed by atoms with Gasteiger partial charge in [-0.15, -0.1) is 0 Å². The third-order valence-electron chi connectivity index (χ3n) is 5.34. The molecule has 1 aromatic carbocycles. The summed E-state index contributed by atoms with van der Waals surface area (Å²) in [4.78, 5) is 21.3. The lowest BCUT2D eigenvalue weighted by atomic mass is 10.1. The van der Waals surface area contributed by atoms with E-state index >= 15 is 0 Å². The molecular weight excluding hydrogens is 442 g/mol. The zero-order valence-corrected chi connectivity index (χ0v) is 17.7. The number of rotatable bonds is 6. The summed E-state index contributed by atoms with van der Waals surface area (Å²) in [6, 6.07) is 7.57. The Morgan fingerprint density at radius 1 is 1.31 bits per heavy atom. The fourth-order valence-corrected chi connectivity index (χ4v) is 3.79. The Kier molecular flexibility index (Phi) is 6.78. The van der Waals surface area contributed by atoms with Crippen molar-refractivity contribution in [2.24, 2.45) is 0 Å². The maximum atomic E-state index is 14.0. The van der Waals surface area contributed by atoms with Crippen LogP contribution in [0.1, 0.15) is 18.0 Å². The number of halogens is 3. The van der Waals surface area contributed by atoms with E-state index in [0.29, 0.717) is 29.8 Å².